The number of urea groups is 1. The monoisotopic (exact) mass is 462 g/mol. The number of ether oxygens (including phenoxy) is 1. The Bertz CT molecular complexity index is 1020. The van der Waals surface area contributed by atoms with Gasteiger partial charge in [-0.25, -0.2) is 14.6 Å². The van der Waals surface area contributed by atoms with Gasteiger partial charge in [-0.3, -0.25) is 4.90 Å². The minimum atomic E-state index is -0.998. The highest BCUT2D eigenvalue weighted by molar-refractivity contribution is 7.13. The Morgan fingerprint density at radius 1 is 1.39 bits per heavy atom. The number of nitrogens with two attached hydrogens (primary N) is 1. The maximum absolute atomic E-state index is 12.2. The van der Waals surface area contributed by atoms with E-state index in [-0.39, 0.29) is 12.6 Å². The van der Waals surface area contributed by atoms with E-state index < -0.39 is 12.1 Å². The van der Waals surface area contributed by atoms with Crippen LogP contribution in [-0.2, 0) is 4.74 Å². The fraction of sp³-hybridized carbons (Fsp3) is 0.381. The third kappa shape index (κ3) is 4.68. The van der Waals surface area contributed by atoms with E-state index in [2.05, 4.69) is 4.98 Å². The van der Waals surface area contributed by atoms with E-state index in [4.69, 9.17) is 22.1 Å². The third-order valence-corrected chi connectivity index (χ3v) is 6.73. The molecule has 0 spiro atoms. The van der Waals surface area contributed by atoms with Crippen molar-refractivity contribution in [2.24, 2.45) is 5.73 Å². The fourth-order valence-corrected chi connectivity index (χ4v) is 5.10. The van der Waals surface area contributed by atoms with Crippen LogP contribution in [0.5, 0.6) is 0 Å². The normalized spacial score (nSPS) is 19.1. The number of hydrogen-bond donors (Lipinski definition) is 2. The van der Waals surface area contributed by atoms with Crippen molar-refractivity contribution in [3.05, 3.63) is 40.2 Å². The van der Waals surface area contributed by atoms with Gasteiger partial charge in [-0.15, -0.1) is 11.3 Å². The molecule has 1 aromatic heterocycles. The Labute approximate surface area is 188 Å². The third-order valence-electron chi connectivity index (χ3n) is 5.53. The molecule has 1 atom stereocenters. The Balaban J connectivity index is 1.57. The average molecular weight is 463 g/mol. The van der Waals surface area contributed by atoms with Crippen LogP contribution in [0, 0.1) is 0 Å². The minimum Gasteiger partial charge on any atom is -0.465 e. The van der Waals surface area contributed by atoms with Crippen LogP contribution in [0.3, 0.4) is 0 Å². The predicted molar refractivity (Wildman–Crippen MR) is 121 cm³/mol. The van der Waals surface area contributed by atoms with Gasteiger partial charge in [-0.1, -0.05) is 29.8 Å². The zero-order chi connectivity index (χ0) is 22.0. The number of amides is 3. The second kappa shape index (κ2) is 9.25. The molecule has 3 N–H and O–H groups in total. The number of aromatic nitrogens is 1. The fourth-order valence-electron chi connectivity index (χ4n) is 4.01. The van der Waals surface area contributed by atoms with Crippen molar-refractivity contribution in [2.45, 2.75) is 25.3 Å². The van der Waals surface area contributed by atoms with E-state index in [1.165, 1.54) is 26.7 Å². The van der Waals surface area contributed by atoms with Gasteiger partial charge in [-0.05, 0) is 36.5 Å². The van der Waals surface area contributed by atoms with E-state index in [1.54, 1.807) is 5.38 Å². The summed E-state index contributed by atoms with van der Waals surface area (Å²) in [6.45, 7) is 1.94. The number of halogens is 1. The molecule has 164 valence electrons. The minimum absolute atomic E-state index is 0.213. The number of piperidine rings is 1. The van der Waals surface area contributed by atoms with Crippen molar-refractivity contribution in [3.63, 3.8) is 0 Å². The first-order valence-electron chi connectivity index (χ1n) is 10.0. The van der Waals surface area contributed by atoms with Gasteiger partial charge in [0.2, 0.25) is 0 Å². The van der Waals surface area contributed by atoms with E-state index >= 15 is 0 Å². The van der Waals surface area contributed by atoms with Crippen molar-refractivity contribution in [2.75, 3.05) is 31.2 Å². The standard InChI is InChI=1S/C21H23ClN4O4S/c22-17-10-14(3-4-16(17)13-5-8-30-9-6-13)19-24-18(12-31-19)26(20(23)27)15-2-1-7-25(11-15)21(28)29/h3-5,10,12,15H,1-2,6-9,11H2,(H2,23,27)(H,28,29)/t15-/m0/s1. The molecule has 31 heavy (non-hydrogen) atoms. The number of primary amides is 1. The zero-order valence-corrected chi connectivity index (χ0v) is 18.4. The highest BCUT2D eigenvalue weighted by Gasteiger charge is 2.32. The summed E-state index contributed by atoms with van der Waals surface area (Å²) in [5, 5.41) is 12.4. The molecule has 8 nitrogen and oxygen atoms in total. The van der Waals surface area contributed by atoms with Gasteiger partial charge in [0.15, 0.2) is 0 Å². The molecule has 3 amide bonds. The number of anilines is 1. The number of carbonyl (C=O) groups is 2. The second-order valence-electron chi connectivity index (χ2n) is 7.49. The van der Waals surface area contributed by atoms with Gasteiger partial charge in [0.1, 0.15) is 10.8 Å². The smallest absolute Gasteiger partial charge is 0.407 e. The maximum atomic E-state index is 12.2. The Hall–Kier alpha value is -2.62. The summed E-state index contributed by atoms with van der Waals surface area (Å²) in [7, 11) is 0. The number of likely N-dealkylation sites (tertiary alicyclic amines) is 1. The van der Waals surface area contributed by atoms with Crippen molar-refractivity contribution in [1.29, 1.82) is 0 Å². The van der Waals surface area contributed by atoms with Crippen LogP contribution in [-0.4, -0.2) is 59.5 Å². The zero-order valence-electron chi connectivity index (χ0n) is 16.8. The number of carbonyl (C=O) groups excluding carboxylic acids is 1. The molecule has 10 heteroatoms. The van der Waals surface area contributed by atoms with Gasteiger partial charge >= 0.3 is 12.1 Å². The molecule has 3 heterocycles. The summed E-state index contributed by atoms with van der Waals surface area (Å²) >= 11 is 7.94. The molecule has 1 saturated heterocycles. The first kappa shape index (κ1) is 21.6. The summed E-state index contributed by atoms with van der Waals surface area (Å²) in [6.07, 6.45) is 3.20. The molecule has 0 saturated carbocycles. The van der Waals surface area contributed by atoms with Crippen molar-refractivity contribution in [1.82, 2.24) is 9.88 Å². The van der Waals surface area contributed by atoms with Crippen molar-refractivity contribution in [3.8, 4) is 10.6 Å². The molecular weight excluding hydrogens is 440 g/mol. The van der Waals surface area contributed by atoms with Gasteiger partial charge in [-0.2, -0.15) is 0 Å². The predicted octanol–water partition coefficient (Wildman–Crippen LogP) is 4.29. The number of benzene rings is 1. The lowest BCUT2D eigenvalue weighted by atomic mass is 10.0. The topological polar surface area (TPSA) is 109 Å². The van der Waals surface area contributed by atoms with E-state index in [0.717, 1.165) is 17.5 Å². The number of nitrogens with zero attached hydrogens (tertiary/aromatic N) is 3. The summed E-state index contributed by atoms with van der Waals surface area (Å²) in [5.74, 6) is 0.428. The lowest BCUT2D eigenvalue weighted by Crippen LogP contribution is -2.53. The van der Waals surface area contributed by atoms with E-state index in [0.29, 0.717) is 48.4 Å². The molecule has 1 aromatic carbocycles. The first-order chi connectivity index (χ1) is 14.9. The van der Waals surface area contributed by atoms with Gasteiger partial charge < -0.3 is 20.5 Å². The van der Waals surface area contributed by atoms with Gasteiger partial charge in [0.05, 0.1) is 19.3 Å². The van der Waals surface area contributed by atoms with Crippen LogP contribution in [0.1, 0.15) is 24.8 Å². The highest BCUT2D eigenvalue weighted by Crippen LogP contribution is 2.35. The first-order valence-corrected chi connectivity index (χ1v) is 11.3. The molecule has 0 bridgehead atoms. The number of rotatable bonds is 4. The number of thiazole rings is 1. The second-order valence-corrected chi connectivity index (χ2v) is 8.76. The molecule has 0 aliphatic carbocycles. The Morgan fingerprint density at radius 3 is 2.90 bits per heavy atom. The summed E-state index contributed by atoms with van der Waals surface area (Å²) in [6, 6.07) is 4.82. The van der Waals surface area contributed by atoms with Crippen molar-refractivity contribution < 1.29 is 19.4 Å². The van der Waals surface area contributed by atoms with Crippen LogP contribution in [0.2, 0.25) is 5.02 Å². The van der Waals surface area contributed by atoms with Crippen LogP contribution < -0.4 is 10.6 Å². The van der Waals surface area contributed by atoms with Gasteiger partial charge in [0.25, 0.3) is 0 Å². The molecule has 2 aromatic rings. The molecule has 4 rings (SSSR count). The Kier molecular flexibility index (Phi) is 6.45. The largest absolute Gasteiger partial charge is 0.465 e. The highest BCUT2D eigenvalue weighted by atomic mass is 35.5. The average Bonchev–Trinajstić information content (AvgIpc) is 3.24. The van der Waals surface area contributed by atoms with Crippen LogP contribution >= 0.6 is 22.9 Å². The lowest BCUT2D eigenvalue weighted by Gasteiger charge is -2.36. The van der Waals surface area contributed by atoms with E-state index in [9.17, 15) is 14.7 Å². The number of carboxylic acid groups (broad SMARTS) is 1. The van der Waals surface area contributed by atoms with Crippen molar-refractivity contribution >= 4 is 46.5 Å². The molecule has 2 aliphatic rings. The summed E-state index contributed by atoms with van der Waals surface area (Å²) < 4.78 is 5.36. The van der Waals surface area contributed by atoms with Crippen LogP contribution in [0.15, 0.2) is 29.7 Å². The molecular formula is C21H23ClN4O4S. The van der Waals surface area contributed by atoms with Crippen LogP contribution in [0.25, 0.3) is 16.1 Å². The molecule has 1 fully saturated rings. The maximum Gasteiger partial charge on any atom is 0.407 e. The molecule has 0 unspecified atom stereocenters. The van der Waals surface area contributed by atoms with E-state index in [1.807, 2.05) is 24.3 Å². The number of hydrogen-bond acceptors (Lipinski definition) is 5. The lowest BCUT2D eigenvalue weighted by molar-refractivity contribution is 0.130. The summed E-state index contributed by atoms with van der Waals surface area (Å²) in [5.41, 5.74) is 8.64. The molecule has 0 radical (unpaired) electrons. The van der Waals surface area contributed by atoms with Crippen LogP contribution in [0.4, 0.5) is 15.4 Å². The molecule has 2 aliphatic heterocycles. The Morgan fingerprint density at radius 2 is 2.23 bits per heavy atom. The summed E-state index contributed by atoms with van der Waals surface area (Å²) in [4.78, 5) is 30.9. The van der Waals surface area contributed by atoms with Gasteiger partial charge in [0, 0.05) is 29.1 Å². The SMILES string of the molecule is NC(=O)N(c1csc(-c2ccc(C3=CCOCC3)c(Cl)c2)n1)[C@H]1CCCN(C(=O)O)C1. The quantitative estimate of drug-likeness (QED) is 0.704.